The van der Waals surface area contributed by atoms with E-state index in [-0.39, 0.29) is 4.88 Å². The Balaban J connectivity index is 1.55. The topological polar surface area (TPSA) is 67.0 Å². The molecular weight excluding hydrogens is 391 g/mol. The number of fused-ring (bicyclic) bond motifs is 1. The van der Waals surface area contributed by atoms with Crippen LogP contribution in [-0.2, 0) is 4.74 Å². The predicted octanol–water partition coefficient (Wildman–Crippen LogP) is 4.39. The van der Waals surface area contributed by atoms with Crippen LogP contribution in [0.5, 0.6) is 0 Å². The number of nitrogens with zero attached hydrogens (tertiary/aromatic N) is 1. The van der Waals surface area contributed by atoms with E-state index in [2.05, 4.69) is 9.97 Å². The molecule has 0 aliphatic carbocycles. The fourth-order valence-electron chi connectivity index (χ4n) is 2.99. The highest BCUT2D eigenvalue weighted by Crippen LogP contribution is 2.30. The first kappa shape index (κ1) is 18.7. The van der Waals surface area contributed by atoms with Gasteiger partial charge in [-0.25, -0.2) is 4.98 Å². The van der Waals surface area contributed by atoms with E-state index in [9.17, 15) is 18.0 Å². The van der Waals surface area contributed by atoms with Crippen molar-refractivity contribution < 1.29 is 22.7 Å². The number of hydrogen-bond acceptors (Lipinski definition) is 4. The molecular formula is C19H16F3N3O2S. The number of halogens is 3. The van der Waals surface area contributed by atoms with Gasteiger partial charge in [0.2, 0.25) is 0 Å². The maximum absolute atomic E-state index is 12.3. The van der Waals surface area contributed by atoms with Crippen molar-refractivity contribution in [3.63, 3.8) is 0 Å². The highest BCUT2D eigenvalue weighted by Gasteiger charge is 2.28. The number of carbonyl (C=O) groups excluding carboxylic acids is 1. The summed E-state index contributed by atoms with van der Waals surface area (Å²) in [6.45, 7) is -0.0645. The predicted molar refractivity (Wildman–Crippen MR) is 101 cm³/mol. The van der Waals surface area contributed by atoms with Gasteiger partial charge in [0.25, 0.3) is 5.91 Å². The largest absolute Gasteiger partial charge is 0.405 e. The number of nitrogens with one attached hydrogen (secondary N) is 2. The van der Waals surface area contributed by atoms with Gasteiger partial charge in [-0.15, -0.1) is 11.3 Å². The first-order valence-electron chi connectivity index (χ1n) is 8.59. The summed E-state index contributed by atoms with van der Waals surface area (Å²) in [7, 11) is 0. The fourth-order valence-corrected chi connectivity index (χ4v) is 3.82. The van der Waals surface area contributed by atoms with Gasteiger partial charge in [-0.05, 0) is 41.1 Å². The maximum Gasteiger partial charge on any atom is 0.405 e. The van der Waals surface area contributed by atoms with E-state index in [0.717, 1.165) is 45.6 Å². The van der Waals surface area contributed by atoms with E-state index in [1.165, 1.54) is 5.57 Å². The van der Waals surface area contributed by atoms with E-state index < -0.39 is 18.6 Å². The second-order valence-electron chi connectivity index (χ2n) is 6.40. The van der Waals surface area contributed by atoms with Gasteiger partial charge in [0.15, 0.2) is 0 Å². The molecule has 0 saturated heterocycles. The summed E-state index contributed by atoms with van der Waals surface area (Å²) < 4.78 is 42.1. The Morgan fingerprint density at radius 2 is 2.14 bits per heavy atom. The van der Waals surface area contributed by atoms with Gasteiger partial charge < -0.3 is 15.0 Å². The van der Waals surface area contributed by atoms with Gasteiger partial charge in [-0.1, -0.05) is 6.08 Å². The van der Waals surface area contributed by atoms with Gasteiger partial charge in [-0.3, -0.25) is 4.79 Å². The summed E-state index contributed by atoms with van der Waals surface area (Å²) in [4.78, 5) is 19.8. The van der Waals surface area contributed by atoms with E-state index in [1.807, 2.05) is 23.5 Å². The first-order valence-corrected chi connectivity index (χ1v) is 9.47. The van der Waals surface area contributed by atoms with Gasteiger partial charge in [-0.2, -0.15) is 13.2 Å². The molecule has 0 saturated carbocycles. The number of amides is 1. The normalized spacial score (nSPS) is 14.9. The summed E-state index contributed by atoms with van der Waals surface area (Å²) in [5.41, 5.74) is 4.48. The average molecular weight is 407 g/mol. The Hall–Kier alpha value is -2.65. The lowest BCUT2D eigenvalue weighted by molar-refractivity contribution is -0.123. The lowest BCUT2D eigenvalue weighted by atomic mass is 10.1. The minimum atomic E-state index is -4.43. The molecule has 0 aromatic carbocycles. The van der Waals surface area contributed by atoms with Crippen LogP contribution in [-0.4, -0.2) is 41.8 Å². The summed E-state index contributed by atoms with van der Waals surface area (Å²) in [5, 5.41) is 4.54. The van der Waals surface area contributed by atoms with E-state index in [1.54, 1.807) is 17.6 Å². The number of ether oxygens (including phenoxy) is 1. The molecule has 3 aromatic rings. The Kier molecular flexibility index (Phi) is 4.94. The SMILES string of the molecule is O=C(NCC(F)(F)F)c1cc(-c2cnc3[nH]c(C4=CCOCC4)cc3c2)cs1. The molecule has 28 heavy (non-hydrogen) atoms. The number of aromatic amines is 1. The third kappa shape index (κ3) is 4.10. The summed E-state index contributed by atoms with van der Waals surface area (Å²) in [5.74, 6) is -0.738. The van der Waals surface area contributed by atoms with Gasteiger partial charge in [0.1, 0.15) is 12.2 Å². The van der Waals surface area contributed by atoms with Crippen molar-refractivity contribution in [3.05, 3.63) is 46.4 Å². The molecule has 1 aliphatic heterocycles. The summed E-state index contributed by atoms with van der Waals surface area (Å²) in [6.07, 6.45) is 0.122. The van der Waals surface area contributed by atoms with Crippen molar-refractivity contribution >= 4 is 33.9 Å². The van der Waals surface area contributed by atoms with Crippen molar-refractivity contribution in [3.8, 4) is 11.1 Å². The van der Waals surface area contributed by atoms with Crippen LogP contribution in [0.3, 0.4) is 0 Å². The van der Waals surface area contributed by atoms with Crippen LogP contribution < -0.4 is 5.32 Å². The molecule has 3 aromatic heterocycles. The van der Waals surface area contributed by atoms with E-state index in [4.69, 9.17) is 4.74 Å². The number of aromatic nitrogens is 2. The molecule has 1 amide bonds. The number of hydrogen-bond donors (Lipinski definition) is 2. The quantitative estimate of drug-likeness (QED) is 0.674. The van der Waals surface area contributed by atoms with Crippen LogP contribution in [0, 0.1) is 0 Å². The minimum absolute atomic E-state index is 0.224. The summed E-state index contributed by atoms with van der Waals surface area (Å²) in [6, 6.07) is 5.54. The van der Waals surface area contributed by atoms with E-state index in [0.29, 0.717) is 13.2 Å². The number of H-pyrrole nitrogens is 1. The Morgan fingerprint density at radius 3 is 2.89 bits per heavy atom. The van der Waals surface area contributed by atoms with Crippen LogP contribution in [0.2, 0.25) is 0 Å². The average Bonchev–Trinajstić information content (AvgIpc) is 3.33. The monoisotopic (exact) mass is 407 g/mol. The fraction of sp³-hybridized carbons (Fsp3) is 0.263. The Morgan fingerprint density at radius 1 is 1.29 bits per heavy atom. The van der Waals surface area contributed by atoms with Crippen molar-refractivity contribution in [2.75, 3.05) is 19.8 Å². The van der Waals surface area contributed by atoms with Crippen LogP contribution >= 0.6 is 11.3 Å². The number of carbonyl (C=O) groups is 1. The second-order valence-corrected chi connectivity index (χ2v) is 7.31. The smallest absolute Gasteiger partial charge is 0.377 e. The molecule has 146 valence electrons. The van der Waals surface area contributed by atoms with Gasteiger partial charge in [0.05, 0.1) is 18.1 Å². The molecule has 0 unspecified atom stereocenters. The Labute approximate surface area is 162 Å². The summed E-state index contributed by atoms with van der Waals surface area (Å²) >= 11 is 1.10. The third-order valence-electron chi connectivity index (χ3n) is 4.39. The van der Waals surface area contributed by atoms with Crippen LogP contribution in [0.25, 0.3) is 27.7 Å². The zero-order chi connectivity index (χ0) is 19.7. The molecule has 5 nitrogen and oxygen atoms in total. The third-order valence-corrected chi connectivity index (χ3v) is 5.31. The number of thiophene rings is 1. The highest BCUT2D eigenvalue weighted by atomic mass is 32.1. The molecule has 0 spiro atoms. The van der Waals surface area contributed by atoms with Crippen molar-refractivity contribution in [1.82, 2.24) is 15.3 Å². The van der Waals surface area contributed by atoms with Crippen molar-refractivity contribution in [2.45, 2.75) is 12.6 Å². The molecule has 0 atom stereocenters. The number of rotatable bonds is 4. The molecule has 0 fully saturated rings. The maximum atomic E-state index is 12.3. The second kappa shape index (κ2) is 7.40. The lowest BCUT2D eigenvalue weighted by Gasteiger charge is -2.11. The zero-order valence-corrected chi connectivity index (χ0v) is 15.4. The molecule has 0 radical (unpaired) electrons. The van der Waals surface area contributed by atoms with Gasteiger partial charge in [0, 0.05) is 22.8 Å². The van der Waals surface area contributed by atoms with Crippen molar-refractivity contribution in [1.29, 1.82) is 0 Å². The van der Waals surface area contributed by atoms with Gasteiger partial charge >= 0.3 is 6.18 Å². The zero-order valence-electron chi connectivity index (χ0n) is 14.6. The van der Waals surface area contributed by atoms with Crippen LogP contribution in [0.1, 0.15) is 21.8 Å². The molecule has 4 rings (SSSR count). The van der Waals surface area contributed by atoms with Crippen LogP contribution in [0.15, 0.2) is 35.9 Å². The standard InChI is InChI=1S/C19H16F3N3O2S/c20-19(21,22)10-24-18(26)16-7-14(9-28-16)13-5-12-6-15(25-17(12)23-8-13)11-1-3-27-4-2-11/h1,5-9H,2-4,10H2,(H,23,25)(H,24,26). The van der Waals surface area contributed by atoms with E-state index >= 15 is 0 Å². The molecule has 2 N–H and O–H groups in total. The highest BCUT2D eigenvalue weighted by molar-refractivity contribution is 7.12. The number of pyridine rings is 1. The van der Waals surface area contributed by atoms with Crippen LogP contribution in [0.4, 0.5) is 13.2 Å². The first-order chi connectivity index (χ1) is 13.4. The molecule has 1 aliphatic rings. The Bertz CT molecular complexity index is 1050. The lowest BCUT2D eigenvalue weighted by Crippen LogP contribution is -2.33. The number of alkyl halides is 3. The molecule has 0 bridgehead atoms. The van der Waals surface area contributed by atoms with Crippen molar-refractivity contribution in [2.24, 2.45) is 0 Å². The minimum Gasteiger partial charge on any atom is -0.377 e. The molecule has 4 heterocycles. The molecule has 9 heteroatoms.